The maximum Gasteiger partial charge on any atom is 0.203 e. The third-order valence-corrected chi connectivity index (χ3v) is 2.88. The Morgan fingerprint density at radius 3 is 2.88 bits per heavy atom. The second kappa shape index (κ2) is 3.39. The number of nitrogens with one attached hydrogen (secondary N) is 1. The van der Waals surface area contributed by atoms with Crippen LogP contribution in [0.25, 0.3) is 22.4 Å². The topological polar surface area (TPSA) is 41.8 Å². The van der Waals surface area contributed by atoms with Gasteiger partial charge in [-0.3, -0.25) is 0 Å². The van der Waals surface area contributed by atoms with Gasteiger partial charge in [-0.05, 0) is 36.2 Å². The van der Waals surface area contributed by atoms with Crippen LogP contribution in [0.3, 0.4) is 0 Å². The Hall–Kier alpha value is -1.74. The van der Waals surface area contributed by atoms with Gasteiger partial charge in [0.1, 0.15) is 5.82 Å². The Kier molecular flexibility index (Phi) is 2.01. The first-order valence-corrected chi connectivity index (χ1v) is 5.32. The maximum absolute atomic E-state index is 5.92. The van der Waals surface area contributed by atoms with Gasteiger partial charge in [0.05, 0.1) is 22.9 Å². The highest BCUT2D eigenvalue weighted by molar-refractivity contribution is 6.31. The van der Waals surface area contributed by atoms with Crippen LogP contribution in [0.15, 0.2) is 34.9 Å². The van der Waals surface area contributed by atoms with Gasteiger partial charge in [0.25, 0.3) is 0 Å². The van der Waals surface area contributed by atoms with Gasteiger partial charge in [-0.15, -0.1) is 0 Å². The molecule has 0 aliphatic heterocycles. The van der Waals surface area contributed by atoms with Gasteiger partial charge < -0.3 is 9.40 Å². The molecule has 80 valence electrons. The number of hydrogen-bond donors (Lipinski definition) is 1. The van der Waals surface area contributed by atoms with Gasteiger partial charge in [-0.2, -0.15) is 0 Å². The molecule has 4 heteroatoms. The number of para-hydroxylation sites is 1. The van der Waals surface area contributed by atoms with Crippen LogP contribution in [-0.2, 0) is 0 Å². The van der Waals surface area contributed by atoms with Gasteiger partial charge in [0, 0.05) is 0 Å². The molecule has 0 aliphatic carbocycles. The number of nitrogens with zero attached hydrogens (tertiary/aromatic N) is 1. The van der Waals surface area contributed by atoms with Gasteiger partial charge in [0.2, 0.25) is 5.22 Å². The first-order chi connectivity index (χ1) is 7.75. The number of furan rings is 1. The number of hydrogen-bond acceptors (Lipinski definition) is 2. The van der Waals surface area contributed by atoms with E-state index in [2.05, 4.69) is 9.97 Å². The number of halogens is 1. The van der Waals surface area contributed by atoms with Crippen LogP contribution in [0.4, 0.5) is 0 Å². The number of benzene rings is 1. The number of aromatic nitrogens is 2. The number of aryl methyl sites for hydroxylation is 1. The molecule has 0 saturated heterocycles. The second-order valence-corrected chi connectivity index (χ2v) is 4.01. The van der Waals surface area contributed by atoms with Crippen LogP contribution >= 0.6 is 11.6 Å². The summed E-state index contributed by atoms with van der Waals surface area (Å²) in [5, 5.41) is 0.358. The predicted octanol–water partition coefficient (Wildman–Crippen LogP) is 3.78. The molecule has 0 fully saturated rings. The third-order valence-electron chi connectivity index (χ3n) is 2.59. The average Bonchev–Trinajstić information content (AvgIpc) is 2.84. The smallest absolute Gasteiger partial charge is 0.203 e. The summed E-state index contributed by atoms with van der Waals surface area (Å²) in [4.78, 5) is 7.74. The number of rotatable bonds is 1. The zero-order chi connectivity index (χ0) is 11.1. The molecule has 0 unspecified atom stereocenters. The molecule has 0 aliphatic rings. The third kappa shape index (κ3) is 1.32. The first kappa shape index (κ1) is 9.48. The molecular weight excluding hydrogens is 224 g/mol. The summed E-state index contributed by atoms with van der Waals surface area (Å²) in [6.45, 7) is 2.03. The van der Waals surface area contributed by atoms with Crippen LogP contribution in [0.2, 0.25) is 5.22 Å². The van der Waals surface area contributed by atoms with E-state index in [1.807, 2.05) is 25.1 Å². The summed E-state index contributed by atoms with van der Waals surface area (Å²) in [5.41, 5.74) is 3.90. The number of fused-ring (bicyclic) bond motifs is 1. The van der Waals surface area contributed by atoms with E-state index in [1.54, 1.807) is 12.3 Å². The minimum Gasteiger partial charge on any atom is -0.452 e. The van der Waals surface area contributed by atoms with E-state index in [9.17, 15) is 0 Å². The van der Waals surface area contributed by atoms with Gasteiger partial charge in [-0.1, -0.05) is 12.1 Å². The first-order valence-electron chi connectivity index (χ1n) is 4.94. The number of imidazole rings is 1. The van der Waals surface area contributed by atoms with E-state index >= 15 is 0 Å². The van der Waals surface area contributed by atoms with E-state index in [1.165, 1.54) is 0 Å². The molecule has 0 saturated carbocycles. The lowest BCUT2D eigenvalue weighted by molar-refractivity contribution is 0.570. The van der Waals surface area contributed by atoms with E-state index in [0.717, 1.165) is 28.0 Å². The highest BCUT2D eigenvalue weighted by Crippen LogP contribution is 2.28. The Labute approximate surface area is 97.1 Å². The predicted molar refractivity (Wildman–Crippen MR) is 63.5 cm³/mol. The standard InChI is InChI=1S/C12H9ClN2O/c1-7-3-2-4-9-10(7)15-12(14-9)8-5-6-16-11(8)13/h2-6H,1H3,(H,14,15). The Morgan fingerprint density at radius 2 is 2.19 bits per heavy atom. The van der Waals surface area contributed by atoms with Gasteiger partial charge in [0.15, 0.2) is 0 Å². The fraction of sp³-hybridized carbons (Fsp3) is 0.0833. The second-order valence-electron chi connectivity index (χ2n) is 3.66. The number of H-pyrrole nitrogens is 1. The fourth-order valence-corrected chi connectivity index (χ4v) is 1.97. The normalized spacial score (nSPS) is 11.1. The van der Waals surface area contributed by atoms with Crippen molar-refractivity contribution in [2.24, 2.45) is 0 Å². The molecule has 0 bridgehead atoms. The largest absolute Gasteiger partial charge is 0.452 e. The summed E-state index contributed by atoms with van der Waals surface area (Å²) < 4.78 is 5.05. The Balaban J connectivity index is 2.27. The van der Waals surface area contributed by atoms with Crippen molar-refractivity contribution in [2.45, 2.75) is 6.92 Å². The molecule has 2 aromatic heterocycles. The zero-order valence-corrected chi connectivity index (χ0v) is 9.38. The average molecular weight is 233 g/mol. The van der Waals surface area contributed by atoms with Crippen molar-refractivity contribution in [1.29, 1.82) is 0 Å². The van der Waals surface area contributed by atoms with Crippen molar-refractivity contribution < 1.29 is 4.42 Å². The molecule has 0 atom stereocenters. The summed E-state index contributed by atoms with van der Waals surface area (Å²) in [5.74, 6) is 0.739. The highest BCUT2D eigenvalue weighted by atomic mass is 35.5. The van der Waals surface area contributed by atoms with Crippen molar-refractivity contribution in [3.8, 4) is 11.4 Å². The van der Waals surface area contributed by atoms with Crippen LogP contribution in [0.5, 0.6) is 0 Å². The van der Waals surface area contributed by atoms with Crippen molar-refractivity contribution in [1.82, 2.24) is 9.97 Å². The molecule has 3 rings (SSSR count). The quantitative estimate of drug-likeness (QED) is 0.694. The molecule has 1 aromatic carbocycles. The molecule has 3 nitrogen and oxygen atoms in total. The molecule has 16 heavy (non-hydrogen) atoms. The summed E-state index contributed by atoms with van der Waals surface area (Å²) >= 11 is 5.92. The minimum absolute atomic E-state index is 0.358. The number of aromatic amines is 1. The maximum atomic E-state index is 5.92. The lowest BCUT2D eigenvalue weighted by Gasteiger charge is -1.90. The molecule has 0 radical (unpaired) electrons. The van der Waals surface area contributed by atoms with Crippen molar-refractivity contribution in [3.05, 3.63) is 41.3 Å². The van der Waals surface area contributed by atoms with Crippen molar-refractivity contribution in [2.75, 3.05) is 0 Å². The fourth-order valence-electron chi connectivity index (χ4n) is 1.77. The molecule has 3 aromatic rings. The Bertz CT molecular complexity index is 654. The van der Waals surface area contributed by atoms with Gasteiger partial charge in [-0.25, -0.2) is 4.98 Å². The zero-order valence-electron chi connectivity index (χ0n) is 8.62. The molecule has 1 N–H and O–H groups in total. The van der Waals surface area contributed by atoms with E-state index in [0.29, 0.717) is 5.22 Å². The molecule has 2 heterocycles. The lowest BCUT2D eigenvalue weighted by Crippen LogP contribution is -1.77. The molecule has 0 amide bonds. The van der Waals surface area contributed by atoms with E-state index in [-0.39, 0.29) is 0 Å². The van der Waals surface area contributed by atoms with Crippen LogP contribution in [0, 0.1) is 6.92 Å². The monoisotopic (exact) mass is 232 g/mol. The molecule has 0 spiro atoms. The Morgan fingerprint density at radius 1 is 1.31 bits per heavy atom. The summed E-state index contributed by atoms with van der Waals surface area (Å²) in [6.07, 6.45) is 1.55. The van der Waals surface area contributed by atoms with E-state index < -0.39 is 0 Å². The van der Waals surface area contributed by atoms with Crippen LogP contribution in [-0.4, -0.2) is 9.97 Å². The van der Waals surface area contributed by atoms with Crippen LogP contribution in [0.1, 0.15) is 5.56 Å². The van der Waals surface area contributed by atoms with Crippen LogP contribution < -0.4 is 0 Å². The van der Waals surface area contributed by atoms with Gasteiger partial charge >= 0.3 is 0 Å². The van der Waals surface area contributed by atoms with E-state index in [4.69, 9.17) is 16.0 Å². The lowest BCUT2D eigenvalue weighted by atomic mass is 10.2. The summed E-state index contributed by atoms with van der Waals surface area (Å²) in [6, 6.07) is 7.82. The minimum atomic E-state index is 0.358. The SMILES string of the molecule is Cc1cccc2[nH]c(-c3ccoc3Cl)nc12. The van der Waals surface area contributed by atoms with Crippen molar-refractivity contribution >= 4 is 22.6 Å². The summed E-state index contributed by atoms with van der Waals surface area (Å²) in [7, 11) is 0. The highest BCUT2D eigenvalue weighted by Gasteiger charge is 2.11. The van der Waals surface area contributed by atoms with Crippen molar-refractivity contribution in [3.63, 3.8) is 0 Å². The molecular formula is C12H9ClN2O.